The molecule has 0 aliphatic heterocycles. The summed E-state index contributed by atoms with van der Waals surface area (Å²) in [6.45, 7) is 9.66. The second kappa shape index (κ2) is 15.3. The number of benzene rings is 3. The molecule has 0 saturated carbocycles. The van der Waals surface area contributed by atoms with Crippen LogP contribution < -0.4 is 4.74 Å². The quantitative estimate of drug-likeness (QED) is 0.414. The summed E-state index contributed by atoms with van der Waals surface area (Å²) in [5.41, 5.74) is 4.60. The van der Waals surface area contributed by atoms with Gasteiger partial charge in [0.1, 0.15) is 35.3 Å². The van der Waals surface area contributed by atoms with Crippen molar-refractivity contribution in [1.29, 1.82) is 5.26 Å². The van der Waals surface area contributed by atoms with Gasteiger partial charge in [-0.1, -0.05) is 73.5 Å². The van der Waals surface area contributed by atoms with Gasteiger partial charge in [-0.05, 0) is 31.9 Å². The van der Waals surface area contributed by atoms with Crippen molar-refractivity contribution in [1.82, 2.24) is 0 Å². The third kappa shape index (κ3) is 9.68. The highest BCUT2D eigenvalue weighted by Gasteiger charge is 2.10. The zero-order valence-electron chi connectivity index (χ0n) is 18.9. The molecule has 0 aliphatic carbocycles. The maximum atomic E-state index is 12.8. The molecule has 0 amide bonds. The fourth-order valence-corrected chi connectivity index (χ4v) is 2.27. The molecule has 3 nitrogen and oxygen atoms in total. The number of halogens is 2. The molecule has 0 radical (unpaired) electrons. The summed E-state index contributed by atoms with van der Waals surface area (Å²) in [4.78, 5) is 8.81. The predicted octanol–water partition coefficient (Wildman–Crippen LogP) is 7.05. The lowest BCUT2D eigenvalue weighted by Gasteiger charge is -2.02. The van der Waals surface area contributed by atoms with Crippen LogP contribution in [0.3, 0.4) is 0 Å². The number of rotatable bonds is 2. The van der Waals surface area contributed by atoms with E-state index in [4.69, 9.17) is 10.1 Å². The molecule has 0 unspecified atom stereocenters. The smallest absolute Gasteiger partial charge is 0.147 e. The van der Waals surface area contributed by atoms with E-state index < -0.39 is 17.2 Å². The molecule has 164 valence electrons. The van der Waals surface area contributed by atoms with E-state index in [0.29, 0.717) is 0 Å². The topological polar surface area (TPSA) is 50.1 Å². The molecular weight excluding hydrogens is 396 g/mol. The zero-order valence-corrected chi connectivity index (χ0v) is 18.9. The molecule has 3 aromatic carbocycles. The van der Waals surface area contributed by atoms with E-state index in [9.17, 15) is 8.78 Å². The Labute approximate surface area is 183 Å². The molecule has 0 aromatic heterocycles. The zero-order chi connectivity index (χ0) is 23.8. The van der Waals surface area contributed by atoms with E-state index in [0.717, 1.165) is 18.4 Å². The van der Waals surface area contributed by atoms with Crippen LogP contribution in [-0.4, -0.2) is 13.4 Å². The van der Waals surface area contributed by atoms with Gasteiger partial charge in [-0.25, -0.2) is 8.78 Å². The number of nitriles is 1. The van der Waals surface area contributed by atoms with Gasteiger partial charge >= 0.3 is 0 Å². The van der Waals surface area contributed by atoms with E-state index >= 15 is 0 Å². The summed E-state index contributed by atoms with van der Waals surface area (Å²) in [6, 6.07) is 20.6. The van der Waals surface area contributed by atoms with Gasteiger partial charge in [-0.15, -0.1) is 0 Å². The van der Waals surface area contributed by atoms with E-state index in [-0.39, 0.29) is 5.75 Å². The first-order valence-corrected chi connectivity index (χ1v) is 9.82. The molecule has 0 spiro atoms. The molecule has 31 heavy (non-hydrogen) atoms. The van der Waals surface area contributed by atoms with Gasteiger partial charge in [0, 0.05) is 12.1 Å². The highest BCUT2D eigenvalue weighted by Crippen LogP contribution is 2.20. The van der Waals surface area contributed by atoms with Crippen LogP contribution in [0.15, 0.2) is 60.7 Å². The molecule has 0 bridgehead atoms. The van der Waals surface area contributed by atoms with E-state index in [2.05, 4.69) is 67.1 Å². The standard InChI is InChI=1S/C14H14.C8H5F2NO.C2H4O.C2H6/c1-11-3-7-13(8-4-11)14-9-5-12(2)6-10-14;1-12-5-2-7(9)6(4-11)8(10)3-5;1-2-3;1-2/h3-10H,1-2H3;2-3H,1H3;2H,1H3;1-2H3. The lowest BCUT2D eigenvalue weighted by molar-refractivity contribution is -0.106. The van der Waals surface area contributed by atoms with Crippen molar-refractivity contribution < 1.29 is 18.3 Å². The van der Waals surface area contributed by atoms with Crippen molar-refractivity contribution in [2.75, 3.05) is 7.11 Å². The van der Waals surface area contributed by atoms with Gasteiger partial charge in [0.15, 0.2) is 0 Å². The van der Waals surface area contributed by atoms with Gasteiger partial charge in [0.05, 0.1) is 7.11 Å². The summed E-state index contributed by atoms with van der Waals surface area (Å²) in [7, 11) is 1.29. The average molecular weight is 426 g/mol. The number of methoxy groups -OCH3 is 1. The van der Waals surface area contributed by atoms with Crippen LogP contribution >= 0.6 is 0 Å². The Morgan fingerprint density at radius 3 is 1.42 bits per heavy atom. The molecule has 3 rings (SSSR count). The summed E-state index contributed by atoms with van der Waals surface area (Å²) in [5, 5.41) is 8.29. The molecule has 5 heteroatoms. The van der Waals surface area contributed by atoms with Crippen LogP contribution in [0, 0.1) is 36.8 Å². The van der Waals surface area contributed by atoms with Crippen molar-refractivity contribution in [3.8, 4) is 22.9 Å². The van der Waals surface area contributed by atoms with Crippen molar-refractivity contribution >= 4 is 6.29 Å². The number of carbonyl (C=O) groups excluding carboxylic acids is 1. The molecule has 3 aromatic rings. The summed E-state index contributed by atoms with van der Waals surface area (Å²) >= 11 is 0. The van der Waals surface area contributed by atoms with Crippen LogP contribution in [0.2, 0.25) is 0 Å². The minimum Gasteiger partial charge on any atom is -0.497 e. The third-order valence-corrected chi connectivity index (χ3v) is 3.80. The number of hydrogen-bond acceptors (Lipinski definition) is 3. The average Bonchev–Trinajstić information content (AvgIpc) is 2.77. The van der Waals surface area contributed by atoms with E-state index in [1.54, 1.807) is 0 Å². The molecule has 0 aliphatic rings. The Balaban J connectivity index is 0.000000486. The fourth-order valence-electron chi connectivity index (χ4n) is 2.27. The first-order chi connectivity index (χ1) is 14.9. The van der Waals surface area contributed by atoms with Crippen molar-refractivity contribution in [2.45, 2.75) is 34.6 Å². The minimum atomic E-state index is -0.908. The van der Waals surface area contributed by atoms with Crippen LogP contribution in [-0.2, 0) is 4.79 Å². The third-order valence-electron chi connectivity index (χ3n) is 3.80. The molecule has 0 atom stereocenters. The molecule has 0 fully saturated rings. The molecule has 0 heterocycles. The Morgan fingerprint density at radius 1 is 0.839 bits per heavy atom. The van der Waals surface area contributed by atoms with Crippen molar-refractivity contribution in [3.63, 3.8) is 0 Å². The first-order valence-electron chi connectivity index (χ1n) is 9.82. The number of hydrogen-bond donors (Lipinski definition) is 0. The fraction of sp³-hybridized carbons (Fsp3) is 0.231. The Bertz CT molecular complexity index is 894. The van der Waals surface area contributed by atoms with Crippen LogP contribution in [0.1, 0.15) is 37.5 Å². The summed E-state index contributed by atoms with van der Waals surface area (Å²) in [5.74, 6) is -1.76. The summed E-state index contributed by atoms with van der Waals surface area (Å²) < 4.78 is 30.1. The predicted molar refractivity (Wildman–Crippen MR) is 122 cm³/mol. The van der Waals surface area contributed by atoms with E-state index in [1.165, 1.54) is 42.4 Å². The number of ether oxygens (including phenoxy) is 1. The molecule has 0 saturated heterocycles. The van der Waals surface area contributed by atoms with Gasteiger partial charge in [0.25, 0.3) is 0 Å². The maximum absolute atomic E-state index is 12.8. The minimum absolute atomic E-state index is 0.0593. The SMILES string of the molecule is CC.CC=O.COc1cc(F)c(C#N)c(F)c1.Cc1ccc(-c2ccc(C)cc2)cc1. The van der Waals surface area contributed by atoms with Gasteiger partial charge in [0.2, 0.25) is 0 Å². The Kier molecular flexibility index (Phi) is 13.6. The lowest BCUT2D eigenvalue weighted by Crippen LogP contribution is -1.92. The highest BCUT2D eigenvalue weighted by atomic mass is 19.1. The number of nitrogens with zero attached hydrogens (tertiary/aromatic N) is 1. The largest absolute Gasteiger partial charge is 0.497 e. The number of aryl methyl sites for hydroxylation is 2. The normalized spacial score (nSPS) is 8.74. The monoisotopic (exact) mass is 425 g/mol. The number of carbonyl (C=O) groups is 1. The Hall–Kier alpha value is -3.52. The summed E-state index contributed by atoms with van der Waals surface area (Å²) in [6.07, 6.45) is 0.750. The van der Waals surface area contributed by atoms with E-state index in [1.807, 2.05) is 13.8 Å². The number of aldehydes is 1. The van der Waals surface area contributed by atoms with Gasteiger partial charge in [-0.3, -0.25) is 0 Å². The first kappa shape index (κ1) is 27.5. The Morgan fingerprint density at radius 2 is 1.16 bits per heavy atom. The van der Waals surface area contributed by atoms with Crippen molar-refractivity contribution in [3.05, 3.63) is 89.0 Å². The van der Waals surface area contributed by atoms with Crippen LogP contribution in [0.5, 0.6) is 5.75 Å². The maximum Gasteiger partial charge on any atom is 0.147 e. The highest BCUT2D eigenvalue weighted by molar-refractivity contribution is 5.63. The lowest BCUT2D eigenvalue weighted by atomic mass is 10.0. The van der Waals surface area contributed by atoms with Crippen LogP contribution in [0.4, 0.5) is 8.78 Å². The van der Waals surface area contributed by atoms with Gasteiger partial charge in [-0.2, -0.15) is 5.26 Å². The van der Waals surface area contributed by atoms with Crippen LogP contribution in [0.25, 0.3) is 11.1 Å². The molecular formula is C26H29F2NO2. The second-order valence-corrected chi connectivity index (χ2v) is 6.05. The second-order valence-electron chi connectivity index (χ2n) is 6.05. The molecule has 0 N–H and O–H groups in total. The van der Waals surface area contributed by atoms with Crippen molar-refractivity contribution in [2.24, 2.45) is 0 Å². The van der Waals surface area contributed by atoms with Gasteiger partial charge < -0.3 is 9.53 Å².